The number of benzene rings is 2. The fourth-order valence-corrected chi connectivity index (χ4v) is 3.20. The summed E-state index contributed by atoms with van der Waals surface area (Å²) in [7, 11) is 0. The van der Waals surface area contributed by atoms with Crippen molar-refractivity contribution in [1.82, 2.24) is 14.9 Å². The van der Waals surface area contributed by atoms with Gasteiger partial charge in [0.25, 0.3) is 0 Å². The van der Waals surface area contributed by atoms with Gasteiger partial charge in [-0.25, -0.2) is 4.98 Å². The number of imidazole rings is 1. The van der Waals surface area contributed by atoms with Crippen molar-refractivity contribution < 1.29 is 4.79 Å². The van der Waals surface area contributed by atoms with Gasteiger partial charge in [-0.2, -0.15) is 0 Å². The van der Waals surface area contributed by atoms with Crippen LogP contribution < -0.4 is 5.32 Å². The fraction of sp³-hybridized carbons (Fsp3) is 0.364. The lowest BCUT2D eigenvalue weighted by Gasteiger charge is -2.10. The molecule has 26 heavy (non-hydrogen) atoms. The lowest BCUT2D eigenvalue weighted by Crippen LogP contribution is -2.27. The van der Waals surface area contributed by atoms with Gasteiger partial charge < -0.3 is 9.88 Å². The zero-order valence-electron chi connectivity index (χ0n) is 15.4. The molecule has 4 nitrogen and oxygen atoms in total. The molecule has 4 heteroatoms. The van der Waals surface area contributed by atoms with Crippen LogP contribution in [0, 0.1) is 0 Å². The maximum Gasteiger partial charge on any atom is 0.220 e. The molecule has 0 bridgehead atoms. The second-order valence-corrected chi connectivity index (χ2v) is 6.61. The van der Waals surface area contributed by atoms with Gasteiger partial charge >= 0.3 is 0 Å². The van der Waals surface area contributed by atoms with Gasteiger partial charge in [-0.05, 0) is 30.5 Å². The number of nitrogens with zero attached hydrogens (tertiary/aromatic N) is 2. The first kappa shape index (κ1) is 18.2. The van der Waals surface area contributed by atoms with Crippen molar-refractivity contribution in [3.8, 4) is 0 Å². The van der Waals surface area contributed by atoms with Crippen molar-refractivity contribution in [3.63, 3.8) is 0 Å². The number of aromatic nitrogens is 2. The number of carbonyl (C=O) groups excluding carboxylic acids is 1. The summed E-state index contributed by atoms with van der Waals surface area (Å²) in [5, 5.41) is 3.03. The van der Waals surface area contributed by atoms with E-state index in [1.807, 2.05) is 18.2 Å². The molecule has 0 atom stereocenters. The molecular formula is C22H27N3O. The molecule has 0 saturated carbocycles. The Labute approximate surface area is 155 Å². The van der Waals surface area contributed by atoms with Gasteiger partial charge in [0, 0.05) is 25.9 Å². The summed E-state index contributed by atoms with van der Waals surface area (Å²) < 4.78 is 2.25. The molecule has 1 amide bonds. The molecule has 0 unspecified atom stereocenters. The van der Waals surface area contributed by atoms with Crippen molar-refractivity contribution in [2.24, 2.45) is 0 Å². The van der Waals surface area contributed by atoms with E-state index in [-0.39, 0.29) is 5.91 Å². The highest BCUT2D eigenvalue weighted by Gasteiger charge is 2.11. The third kappa shape index (κ3) is 4.72. The Morgan fingerprint density at radius 3 is 2.62 bits per heavy atom. The number of fused-ring (bicyclic) bond motifs is 1. The first-order valence-electron chi connectivity index (χ1n) is 9.52. The quantitative estimate of drug-likeness (QED) is 0.631. The van der Waals surface area contributed by atoms with Crippen molar-refractivity contribution in [2.45, 2.75) is 45.6 Å². The molecule has 0 aliphatic rings. The second kappa shape index (κ2) is 9.18. The summed E-state index contributed by atoms with van der Waals surface area (Å²) in [4.78, 5) is 16.7. The zero-order valence-corrected chi connectivity index (χ0v) is 15.4. The average molecular weight is 349 g/mol. The molecule has 136 valence electrons. The lowest BCUT2D eigenvalue weighted by atomic mass is 10.1. The Hall–Kier alpha value is -2.62. The summed E-state index contributed by atoms with van der Waals surface area (Å²) in [6.45, 7) is 3.49. The number of amides is 1. The van der Waals surface area contributed by atoms with E-state index in [1.165, 1.54) is 5.56 Å². The topological polar surface area (TPSA) is 46.9 Å². The molecule has 0 aliphatic heterocycles. The van der Waals surface area contributed by atoms with Gasteiger partial charge in [0.05, 0.1) is 11.0 Å². The Kier molecular flexibility index (Phi) is 6.42. The Morgan fingerprint density at radius 2 is 1.81 bits per heavy atom. The van der Waals surface area contributed by atoms with E-state index in [0.717, 1.165) is 49.1 Å². The van der Waals surface area contributed by atoms with Gasteiger partial charge in [-0.15, -0.1) is 0 Å². The van der Waals surface area contributed by atoms with Crippen molar-refractivity contribution >= 4 is 16.9 Å². The first-order chi connectivity index (χ1) is 12.8. The van der Waals surface area contributed by atoms with Crippen molar-refractivity contribution in [2.75, 3.05) is 6.54 Å². The SMILES string of the molecule is CCCCC(=O)NCCn1c(CCc2ccccc2)nc2ccccc21. The van der Waals surface area contributed by atoms with Gasteiger partial charge in [-0.1, -0.05) is 55.8 Å². The minimum atomic E-state index is 0.141. The number of hydrogen-bond acceptors (Lipinski definition) is 2. The minimum Gasteiger partial charge on any atom is -0.354 e. The van der Waals surface area contributed by atoms with Crippen molar-refractivity contribution in [1.29, 1.82) is 0 Å². The molecule has 3 rings (SSSR count). The molecule has 3 aromatic rings. The number of para-hydroxylation sites is 2. The standard InChI is InChI=1S/C22H27N3O/c1-2-3-13-22(26)23-16-17-25-20-12-8-7-11-19(20)24-21(25)15-14-18-9-5-4-6-10-18/h4-12H,2-3,13-17H2,1H3,(H,23,26). The van der Waals surface area contributed by atoms with Crippen LogP contribution >= 0.6 is 0 Å². The minimum absolute atomic E-state index is 0.141. The van der Waals surface area contributed by atoms with Crippen LogP contribution in [0.3, 0.4) is 0 Å². The van der Waals surface area contributed by atoms with E-state index in [4.69, 9.17) is 4.98 Å². The Bertz CT molecular complexity index is 839. The van der Waals surface area contributed by atoms with E-state index >= 15 is 0 Å². The maximum absolute atomic E-state index is 11.9. The highest BCUT2D eigenvalue weighted by atomic mass is 16.1. The van der Waals surface area contributed by atoms with E-state index in [2.05, 4.69) is 53.2 Å². The molecule has 1 heterocycles. The lowest BCUT2D eigenvalue weighted by molar-refractivity contribution is -0.121. The fourth-order valence-electron chi connectivity index (χ4n) is 3.20. The molecule has 1 N–H and O–H groups in total. The van der Waals surface area contributed by atoms with Crippen LogP contribution in [0.4, 0.5) is 0 Å². The molecular weight excluding hydrogens is 322 g/mol. The Balaban J connectivity index is 1.69. The highest BCUT2D eigenvalue weighted by molar-refractivity contribution is 5.76. The summed E-state index contributed by atoms with van der Waals surface area (Å²) in [6, 6.07) is 18.7. The smallest absolute Gasteiger partial charge is 0.220 e. The normalized spacial score (nSPS) is 11.0. The number of carbonyl (C=O) groups is 1. The summed E-state index contributed by atoms with van der Waals surface area (Å²) in [5.74, 6) is 1.22. The second-order valence-electron chi connectivity index (χ2n) is 6.61. The Morgan fingerprint density at radius 1 is 1.04 bits per heavy atom. The number of hydrogen-bond donors (Lipinski definition) is 1. The number of rotatable bonds is 9. The van der Waals surface area contributed by atoms with Gasteiger partial charge in [0.2, 0.25) is 5.91 Å². The molecule has 0 spiro atoms. The third-order valence-corrected chi connectivity index (χ3v) is 4.63. The summed E-state index contributed by atoms with van der Waals surface area (Å²) >= 11 is 0. The van der Waals surface area contributed by atoms with Gasteiger partial charge in [0.15, 0.2) is 0 Å². The number of aryl methyl sites for hydroxylation is 2. The van der Waals surface area contributed by atoms with Crippen LogP contribution in [0.2, 0.25) is 0 Å². The molecule has 0 aliphatic carbocycles. The monoisotopic (exact) mass is 349 g/mol. The van der Waals surface area contributed by atoms with Gasteiger partial charge in [0.1, 0.15) is 5.82 Å². The number of nitrogens with one attached hydrogen (secondary N) is 1. The van der Waals surface area contributed by atoms with Crippen LogP contribution in [0.5, 0.6) is 0 Å². The molecule has 0 radical (unpaired) electrons. The van der Waals surface area contributed by atoms with Crippen LogP contribution in [0.15, 0.2) is 54.6 Å². The van der Waals surface area contributed by atoms with Crippen LogP contribution in [-0.2, 0) is 24.2 Å². The molecule has 0 fully saturated rings. The molecule has 2 aromatic carbocycles. The summed E-state index contributed by atoms with van der Waals surface area (Å²) in [5.41, 5.74) is 3.48. The predicted octanol–water partition coefficient (Wildman–Crippen LogP) is 4.13. The van der Waals surface area contributed by atoms with Crippen molar-refractivity contribution in [3.05, 3.63) is 66.0 Å². The first-order valence-corrected chi connectivity index (χ1v) is 9.52. The summed E-state index contributed by atoms with van der Waals surface area (Å²) in [6.07, 6.45) is 4.46. The number of unbranched alkanes of at least 4 members (excludes halogenated alkanes) is 1. The molecule has 0 saturated heterocycles. The zero-order chi connectivity index (χ0) is 18.2. The third-order valence-electron chi connectivity index (χ3n) is 4.63. The van der Waals surface area contributed by atoms with Crippen LogP contribution in [-0.4, -0.2) is 22.0 Å². The van der Waals surface area contributed by atoms with E-state index in [1.54, 1.807) is 0 Å². The maximum atomic E-state index is 11.9. The van der Waals surface area contributed by atoms with E-state index < -0.39 is 0 Å². The average Bonchev–Trinajstić information content (AvgIpc) is 3.03. The van der Waals surface area contributed by atoms with Crippen LogP contribution in [0.1, 0.15) is 37.6 Å². The molecule has 1 aromatic heterocycles. The van der Waals surface area contributed by atoms with E-state index in [0.29, 0.717) is 13.0 Å². The van der Waals surface area contributed by atoms with Gasteiger partial charge in [-0.3, -0.25) is 4.79 Å². The van der Waals surface area contributed by atoms with Crippen LogP contribution in [0.25, 0.3) is 11.0 Å². The highest BCUT2D eigenvalue weighted by Crippen LogP contribution is 2.17. The largest absolute Gasteiger partial charge is 0.354 e. The van der Waals surface area contributed by atoms with E-state index in [9.17, 15) is 4.79 Å². The predicted molar refractivity (Wildman–Crippen MR) is 106 cm³/mol.